The smallest absolute Gasteiger partial charge is 0.302 e. The van der Waals surface area contributed by atoms with Gasteiger partial charge >= 0.3 is 5.97 Å². The fraction of sp³-hybridized carbons (Fsp3) is 0.625. The Kier molecular flexibility index (Phi) is 3.18. The summed E-state index contributed by atoms with van der Waals surface area (Å²) in [6.45, 7) is 10.2. The summed E-state index contributed by atoms with van der Waals surface area (Å²) in [6.07, 6.45) is 7.33. The van der Waals surface area contributed by atoms with Crippen LogP contribution in [-0.2, 0) is 14.9 Å². The van der Waals surface area contributed by atoms with Crippen LogP contribution in [0.5, 0.6) is 0 Å². The van der Waals surface area contributed by atoms with Gasteiger partial charge in [0.05, 0.1) is 12.1 Å². The zero-order valence-corrected chi connectivity index (χ0v) is 17.1. The minimum atomic E-state index is -0.152. The third kappa shape index (κ3) is 1.50. The molecule has 3 aliphatic heterocycles. The van der Waals surface area contributed by atoms with Crippen LogP contribution in [0.3, 0.4) is 0 Å². The van der Waals surface area contributed by atoms with Crippen molar-refractivity contribution in [2.75, 3.05) is 31.1 Å². The first kappa shape index (κ1) is 17.1. The number of carbonyl (C=O) groups excluding carboxylic acids is 1. The molecular weight excluding hydrogens is 348 g/mol. The number of benzene rings is 1. The van der Waals surface area contributed by atoms with Crippen molar-refractivity contribution in [2.24, 2.45) is 17.3 Å². The molecule has 0 radical (unpaired) electrons. The van der Waals surface area contributed by atoms with E-state index >= 15 is 0 Å². The van der Waals surface area contributed by atoms with Crippen molar-refractivity contribution in [3.63, 3.8) is 0 Å². The van der Waals surface area contributed by atoms with E-state index in [1.807, 2.05) is 0 Å². The Labute approximate surface area is 167 Å². The molecule has 3 spiro atoms. The number of esters is 1. The molecule has 6 rings (SSSR count). The predicted octanol–water partition coefficient (Wildman–Crippen LogP) is 3.37. The molecule has 2 bridgehead atoms. The highest BCUT2D eigenvalue weighted by Gasteiger charge is 2.86. The van der Waals surface area contributed by atoms with E-state index in [-0.39, 0.29) is 22.3 Å². The van der Waals surface area contributed by atoms with Crippen LogP contribution >= 0.6 is 0 Å². The average Bonchev–Trinajstić information content (AvgIpc) is 3.34. The molecule has 0 unspecified atom stereocenters. The number of hydrogen-bond acceptors (Lipinski definition) is 4. The van der Waals surface area contributed by atoms with Gasteiger partial charge in [0.1, 0.15) is 0 Å². The van der Waals surface area contributed by atoms with Crippen LogP contribution in [0.15, 0.2) is 36.4 Å². The molecule has 148 valence electrons. The van der Waals surface area contributed by atoms with Gasteiger partial charge < -0.3 is 9.64 Å². The maximum absolute atomic E-state index is 11.7. The van der Waals surface area contributed by atoms with Crippen molar-refractivity contribution < 1.29 is 9.53 Å². The Bertz CT molecular complexity index is 896. The third-order valence-electron chi connectivity index (χ3n) is 9.23. The number of para-hydroxylation sites is 1. The molecule has 2 saturated carbocycles. The molecule has 0 N–H and O–H groups in total. The summed E-state index contributed by atoms with van der Waals surface area (Å²) in [4.78, 5) is 17.2. The van der Waals surface area contributed by atoms with Gasteiger partial charge in [-0.2, -0.15) is 0 Å². The van der Waals surface area contributed by atoms with E-state index in [9.17, 15) is 4.79 Å². The lowest BCUT2D eigenvalue weighted by Crippen LogP contribution is -2.65. The highest BCUT2D eigenvalue weighted by molar-refractivity contribution is 5.73. The normalized spacial score (nSPS) is 44.5. The van der Waals surface area contributed by atoms with Crippen molar-refractivity contribution in [2.45, 2.75) is 50.6 Å². The first-order valence-electron chi connectivity index (χ1n) is 11.0. The molecule has 3 fully saturated rings. The number of rotatable bonds is 3. The molecule has 2 aliphatic carbocycles. The van der Waals surface area contributed by atoms with E-state index in [0.29, 0.717) is 24.5 Å². The molecule has 5 aliphatic rings. The molecule has 1 aromatic carbocycles. The number of likely N-dealkylation sites (N-methyl/N-ethyl adjacent to an activating group) is 1. The number of fused-ring (bicyclic) bond motifs is 1. The second kappa shape index (κ2) is 5.21. The van der Waals surface area contributed by atoms with Gasteiger partial charge in [0.2, 0.25) is 0 Å². The second-order valence-corrected chi connectivity index (χ2v) is 9.65. The second-order valence-electron chi connectivity index (χ2n) is 9.65. The van der Waals surface area contributed by atoms with Crippen molar-refractivity contribution in [3.05, 3.63) is 42.0 Å². The number of nitrogens with zero attached hydrogens (tertiary/aromatic N) is 2. The lowest BCUT2D eigenvalue weighted by molar-refractivity contribution is -0.143. The maximum atomic E-state index is 11.7. The summed E-state index contributed by atoms with van der Waals surface area (Å²) in [5.74, 6) is 0.760. The zero-order valence-electron chi connectivity index (χ0n) is 17.1. The van der Waals surface area contributed by atoms with Gasteiger partial charge in [-0.25, -0.2) is 0 Å². The van der Waals surface area contributed by atoms with Crippen molar-refractivity contribution >= 4 is 11.7 Å². The topological polar surface area (TPSA) is 32.8 Å². The first-order chi connectivity index (χ1) is 13.5. The maximum Gasteiger partial charge on any atom is 0.302 e. The lowest BCUT2D eigenvalue weighted by Gasteiger charge is -2.54. The van der Waals surface area contributed by atoms with Gasteiger partial charge in [0, 0.05) is 48.5 Å². The highest BCUT2D eigenvalue weighted by atomic mass is 16.5. The summed E-state index contributed by atoms with van der Waals surface area (Å²) in [6, 6.07) is 9.73. The largest absolute Gasteiger partial charge is 0.465 e. The Hall–Kier alpha value is -1.81. The molecule has 4 nitrogen and oxygen atoms in total. The third-order valence-corrected chi connectivity index (χ3v) is 9.23. The Morgan fingerprint density at radius 3 is 2.93 bits per heavy atom. The standard InChI is InChI=1S/C24H30N2O2/c1-4-26-20-9-6-5-8-19(20)23-11-13-25-12-7-10-22(21(23)25)14-18(15-28-17(3)27)24(23,26)16(22)2/h5-10,16,18,21H,4,11-15H2,1-3H3/t16-,18+,21+,22+,23-,24+/m1/s1. The minimum absolute atomic E-state index is 0.0367. The van der Waals surface area contributed by atoms with E-state index in [1.54, 1.807) is 12.5 Å². The summed E-state index contributed by atoms with van der Waals surface area (Å²) in [7, 11) is 0. The van der Waals surface area contributed by atoms with Crippen LogP contribution in [0.2, 0.25) is 0 Å². The summed E-state index contributed by atoms with van der Waals surface area (Å²) in [5, 5.41) is 0. The number of carbonyl (C=O) groups is 1. The van der Waals surface area contributed by atoms with Crippen LogP contribution in [-0.4, -0.2) is 48.7 Å². The van der Waals surface area contributed by atoms with Crippen LogP contribution in [0, 0.1) is 17.3 Å². The molecule has 28 heavy (non-hydrogen) atoms. The van der Waals surface area contributed by atoms with Crippen LogP contribution < -0.4 is 4.90 Å². The van der Waals surface area contributed by atoms with Gasteiger partial charge in [0.15, 0.2) is 0 Å². The number of anilines is 1. The molecular formula is C24H30N2O2. The van der Waals surface area contributed by atoms with Crippen LogP contribution in [0.25, 0.3) is 0 Å². The molecule has 1 saturated heterocycles. The average molecular weight is 379 g/mol. The van der Waals surface area contributed by atoms with Crippen molar-refractivity contribution in [3.8, 4) is 0 Å². The fourth-order valence-corrected chi connectivity index (χ4v) is 8.96. The molecule has 0 aromatic heterocycles. The van der Waals surface area contributed by atoms with Gasteiger partial charge in [-0.1, -0.05) is 37.3 Å². The lowest BCUT2D eigenvalue weighted by atomic mass is 9.57. The van der Waals surface area contributed by atoms with E-state index < -0.39 is 0 Å². The van der Waals surface area contributed by atoms with Crippen molar-refractivity contribution in [1.29, 1.82) is 0 Å². The quantitative estimate of drug-likeness (QED) is 0.596. The summed E-state index contributed by atoms with van der Waals surface area (Å²) < 4.78 is 5.70. The first-order valence-corrected chi connectivity index (χ1v) is 11.0. The van der Waals surface area contributed by atoms with E-state index in [4.69, 9.17) is 4.74 Å². The Morgan fingerprint density at radius 2 is 2.14 bits per heavy atom. The highest BCUT2D eigenvalue weighted by Crippen LogP contribution is 2.80. The Morgan fingerprint density at radius 1 is 1.32 bits per heavy atom. The molecule has 6 atom stereocenters. The summed E-state index contributed by atoms with van der Waals surface area (Å²) >= 11 is 0. The van der Waals surface area contributed by atoms with Crippen molar-refractivity contribution in [1.82, 2.24) is 4.90 Å². The van der Waals surface area contributed by atoms with Gasteiger partial charge in [-0.3, -0.25) is 9.69 Å². The molecule has 3 heterocycles. The fourth-order valence-electron chi connectivity index (χ4n) is 8.96. The van der Waals surface area contributed by atoms with Gasteiger partial charge in [-0.15, -0.1) is 0 Å². The van der Waals surface area contributed by atoms with E-state index in [2.05, 4.69) is 60.1 Å². The van der Waals surface area contributed by atoms with Gasteiger partial charge in [-0.05, 0) is 43.9 Å². The van der Waals surface area contributed by atoms with Crippen LogP contribution in [0.4, 0.5) is 5.69 Å². The van der Waals surface area contributed by atoms with Gasteiger partial charge in [0.25, 0.3) is 0 Å². The monoisotopic (exact) mass is 378 g/mol. The van der Waals surface area contributed by atoms with E-state index in [1.165, 1.54) is 18.7 Å². The molecule has 1 aromatic rings. The molecule has 4 heteroatoms. The van der Waals surface area contributed by atoms with E-state index in [0.717, 1.165) is 19.5 Å². The summed E-state index contributed by atoms with van der Waals surface area (Å²) in [5.41, 5.74) is 3.36. The SMILES string of the molecule is CCN1c2ccccc2[C@@]23CCN4CC=C[C@@]5(C[C@@H](COC(C)=O)[C@]12[C@@H]5C)[C@H]43. The van der Waals surface area contributed by atoms with Crippen LogP contribution in [0.1, 0.15) is 39.2 Å². The number of ether oxygens (including phenoxy) is 1. The zero-order chi connectivity index (χ0) is 19.3. The molecule has 0 amide bonds. The minimum Gasteiger partial charge on any atom is -0.465 e. The number of hydrogen-bond donors (Lipinski definition) is 0. The predicted molar refractivity (Wildman–Crippen MR) is 109 cm³/mol. The Balaban J connectivity index is 1.64.